The van der Waals surface area contributed by atoms with Crippen LogP contribution in [0.1, 0.15) is 57.5 Å². The quantitative estimate of drug-likeness (QED) is 0.0283. The number of hydrogen-bond acceptors (Lipinski definition) is 12. The summed E-state index contributed by atoms with van der Waals surface area (Å²) in [7, 11) is 0. The van der Waals surface area contributed by atoms with Crippen molar-refractivity contribution in [2.24, 2.45) is 10.2 Å². The van der Waals surface area contributed by atoms with Crippen LogP contribution in [0.2, 0.25) is 0 Å². The van der Waals surface area contributed by atoms with Gasteiger partial charge in [0.05, 0.1) is 48.9 Å². The van der Waals surface area contributed by atoms with Crippen LogP contribution in [0, 0.1) is 13.8 Å². The minimum Gasteiger partial charge on any atom is -0.494 e. The third-order valence-electron chi connectivity index (χ3n) is 7.63. The topological polar surface area (TPSA) is 148 Å². The van der Waals surface area contributed by atoms with Gasteiger partial charge < -0.3 is 28.4 Å². The summed E-state index contributed by atoms with van der Waals surface area (Å²) in [5, 5.41) is 8.69. The third-order valence-corrected chi connectivity index (χ3v) is 7.63. The first-order valence-corrected chi connectivity index (χ1v) is 17.3. The van der Waals surface area contributed by atoms with Crippen molar-refractivity contribution in [3.8, 4) is 23.0 Å². The number of ether oxygens (including phenoxy) is 6. The highest BCUT2D eigenvalue weighted by Gasteiger charge is 2.13. The van der Waals surface area contributed by atoms with Crippen molar-refractivity contribution in [3.63, 3.8) is 0 Å². The molecule has 0 aliphatic heterocycles. The molecule has 12 heteroatoms. The van der Waals surface area contributed by atoms with Gasteiger partial charge in [-0.25, -0.2) is 19.2 Å². The van der Waals surface area contributed by atoms with E-state index in [4.69, 9.17) is 28.4 Å². The summed E-state index contributed by atoms with van der Waals surface area (Å²) in [6.07, 6.45) is 4.97. The van der Waals surface area contributed by atoms with Gasteiger partial charge in [-0.2, -0.15) is 10.2 Å². The molecule has 0 spiro atoms. The standard InChI is InChI=1S/C42H42N2O10/c1-5-39(45)51-25-9-7-23-49-34-16-11-31(12-17-34)41(47)53-36-20-21-37(29(3)28-36)44-43-33-15-22-38(30(4)27-33)54-42(48)32-13-18-35(19-14-32)50-24-8-10-26-52-40(46)6-2/h5-6,11-22,27-28H,1-2,7-10,23-26H2,3-4H3. The van der Waals surface area contributed by atoms with Crippen molar-refractivity contribution in [1.29, 1.82) is 0 Å². The molecule has 0 fully saturated rings. The molecule has 4 aromatic carbocycles. The van der Waals surface area contributed by atoms with Gasteiger partial charge in [-0.3, -0.25) is 0 Å². The lowest BCUT2D eigenvalue weighted by Gasteiger charge is -2.09. The molecule has 0 amide bonds. The molecule has 12 nitrogen and oxygen atoms in total. The normalized spacial score (nSPS) is 10.6. The number of carbonyl (C=O) groups is 4. The average Bonchev–Trinajstić information content (AvgIpc) is 3.18. The number of unbranched alkanes of at least 4 members (excludes halogenated alkanes) is 2. The molecule has 54 heavy (non-hydrogen) atoms. The predicted octanol–water partition coefficient (Wildman–Crippen LogP) is 8.93. The minimum absolute atomic E-state index is 0.301. The number of hydrogen-bond donors (Lipinski definition) is 0. The molecule has 0 atom stereocenters. The summed E-state index contributed by atoms with van der Waals surface area (Å²) in [5.41, 5.74) is 3.32. The van der Waals surface area contributed by atoms with Gasteiger partial charge in [0.1, 0.15) is 23.0 Å². The van der Waals surface area contributed by atoms with E-state index in [1.165, 1.54) is 0 Å². The van der Waals surface area contributed by atoms with Crippen molar-refractivity contribution in [2.45, 2.75) is 39.5 Å². The second-order valence-corrected chi connectivity index (χ2v) is 11.8. The molecule has 0 saturated heterocycles. The molecular formula is C42H42N2O10. The minimum atomic E-state index is -0.518. The van der Waals surface area contributed by atoms with Gasteiger partial charge in [-0.05, 0) is 136 Å². The number of rotatable bonds is 20. The van der Waals surface area contributed by atoms with Gasteiger partial charge in [-0.15, -0.1) is 0 Å². The number of nitrogens with zero attached hydrogens (tertiary/aromatic N) is 2. The first-order chi connectivity index (χ1) is 26.1. The lowest BCUT2D eigenvalue weighted by atomic mass is 10.2. The summed E-state index contributed by atoms with van der Waals surface area (Å²) >= 11 is 0. The Balaban J connectivity index is 1.22. The Morgan fingerprint density at radius 2 is 1.06 bits per heavy atom. The van der Waals surface area contributed by atoms with Crippen LogP contribution in [0.3, 0.4) is 0 Å². The van der Waals surface area contributed by atoms with Crippen LogP contribution in [0.25, 0.3) is 0 Å². The first-order valence-electron chi connectivity index (χ1n) is 17.3. The number of azo groups is 1. The lowest BCUT2D eigenvalue weighted by molar-refractivity contribution is -0.138. The van der Waals surface area contributed by atoms with Crippen molar-refractivity contribution in [2.75, 3.05) is 26.4 Å². The van der Waals surface area contributed by atoms with Crippen molar-refractivity contribution in [3.05, 3.63) is 132 Å². The largest absolute Gasteiger partial charge is 0.494 e. The molecule has 0 unspecified atom stereocenters. The molecule has 0 N–H and O–H groups in total. The number of aryl methyl sites for hydroxylation is 2. The molecular weight excluding hydrogens is 692 g/mol. The van der Waals surface area contributed by atoms with E-state index in [0.29, 0.717) is 103 Å². The van der Waals surface area contributed by atoms with Gasteiger partial charge in [0.15, 0.2) is 0 Å². The van der Waals surface area contributed by atoms with Crippen LogP contribution in [0.15, 0.2) is 120 Å². The number of carbonyl (C=O) groups excluding carboxylic acids is 4. The maximum atomic E-state index is 12.8. The van der Waals surface area contributed by atoms with E-state index in [-0.39, 0.29) is 0 Å². The maximum Gasteiger partial charge on any atom is 0.343 e. The van der Waals surface area contributed by atoms with E-state index in [0.717, 1.165) is 17.7 Å². The van der Waals surface area contributed by atoms with Crippen molar-refractivity contribution in [1.82, 2.24) is 0 Å². The molecule has 0 saturated carbocycles. The van der Waals surface area contributed by atoms with Gasteiger partial charge in [0, 0.05) is 12.2 Å². The highest BCUT2D eigenvalue weighted by Crippen LogP contribution is 2.29. The highest BCUT2D eigenvalue weighted by atomic mass is 16.5. The van der Waals surface area contributed by atoms with E-state index in [1.54, 1.807) is 91.9 Å². The van der Waals surface area contributed by atoms with Crippen LogP contribution in [-0.4, -0.2) is 50.3 Å². The molecule has 0 radical (unpaired) electrons. The molecule has 4 rings (SSSR count). The van der Waals surface area contributed by atoms with Crippen molar-refractivity contribution < 1.29 is 47.6 Å². The number of benzene rings is 4. The molecule has 0 aliphatic carbocycles. The monoisotopic (exact) mass is 734 g/mol. The van der Waals surface area contributed by atoms with Gasteiger partial charge >= 0.3 is 23.9 Å². The molecule has 4 aromatic rings. The Morgan fingerprint density at radius 3 is 1.56 bits per heavy atom. The summed E-state index contributed by atoms with van der Waals surface area (Å²) in [6, 6.07) is 23.4. The fourth-order valence-electron chi connectivity index (χ4n) is 4.68. The lowest BCUT2D eigenvalue weighted by Crippen LogP contribution is -2.09. The zero-order valence-corrected chi connectivity index (χ0v) is 30.3. The Labute approximate surface area is 314 Å². The van der Waals surface area contributed by atoms with E-state index in [9.17, 15) is 19.2 Å². The molecule has 0 aromatic heterocycles. The van der Waals surface area contributed by atoms with Crippen LogP contribution in [0.5, 0.6) is 23.0 Å². The Hall–Kier alpha value is -6.56. The Kier molecular flexibility index (Phi) is 15.7. The summed E-state index contributed by atoms with van der Waals surface area (Å²) in [4.78, 5) is 47.7. The average molecular weight is 735 g/mol. The van der Waals surface area contributed by atoms with Crippen LogP contribution in [-0.2, 0) is 19.1 Å². The van der Waals surface area contributed by atoms with E-state index < -0.39 is 23.9 Å². The Morgan fingerprint density at radius 1 is 0.556 bits per heavy atom. The van der Waals surface area contributed by atoms with Gasteiger partial charge in [0.25, 0.3) is 0 Å². The number of esters is 4. The smallest absolute Gasteiger partial charge is 0.343 e. The summed E-state index contributed by atoms with van der Waals surface area (Å²) < 4.78 is 32.4. The molecule has 0 aliphatic rings. The predicted molar refractivity (Wildman–Crippen MR) is 201 cm³/mol. The van der Waals surface area contributed by atoms with Crippen LogP contribution < -0.4 is 18.9 Å². The second-order valence-electron chi connectivity index (χ2n) is 11.8. The van der Waals surface area contributed by atoms with E-state index in [2.05, 4.69) is 23.4 Å². The third kappa shape index (κ3) is 13.2. The van der Waals surface area contributed by atoms with Gasteiger partial charge in [-0.1, -0.05) is 13.2 Å². The van der Waals surface area contributed by atoms with Crippen molar-refractivity contribution >= 4 is 35.3 Å². The maximum absolute atomic E-state index is 12.8. The highest BCUT2D eigenvalue weighted by molar-refractivity contribution is 5.92. The van der Waals surface area contributed by atoms with Crippen LogP contribution in [0.4, 0.5) is 11.4 Å². The summed E-state index contributed by atoms with van der Waals surface area (Å²) in [5.74, 6) is 0.0368. The molecule has 0 bridgehead atoms. The van der Waals surface area contributed by atoms with Gasteiger partial charge in [0.2, 0.25) is 0 Å². The molecule has 280 valence electrons. The zero-order valence-electron chi connectivity index (χ0n) is 30.3. The fraction of sp³-hybridized carbons (Fsp3) is 0.238. The van der Waals surface area contributed by atoms with E-state index >= 15 is 0 Å². The first kappa shape index (κ1) is 40.2. The SMILES string of the molecule is C=CC(=O)OCCCCOc1ccc(C(=O)Oc2ccc(N=Nc3ccc(OC(=O)c4ccc(OCCCCOC(=O)C=C)cc4)c(C)c3)c(C)c2)cc1. The molecule has 0 heterocycles. The Bertz CT molecular complexity index is 1950. The van der Waals surface area contributed by atoms with Crippen LogP contribution >= 0.6 is 0 Å². The summed E-state index contributed by atoms with van der Waals surface area (Å²) in [6.45, 7) is 11.8. The van der Waals surface area contributed by atoms with E-state index in [1.807, 2.05) is 6.92 Å². The fourth-order valence-corrected chi connectivity index (χ4v) is 4.68. The zero-order chi connectivity index (χ0) is 38.7. The second kappa shape index (κ2) is 21.1.